The van der Waals surface area contributed by atoms with Gasteiger partial charge in [0, 0.05) is 0 Å². The van der Waals surface area contributed by atoms with E-state index in [-0.39, 0.29) is 29.9 Å². The highest BCUT2D eigenvalue weighted by molar-refractivity contribution is 5.69. The van der Waals surface area contributed by atoms with Gasteiger partial charge in [0.1, 0.15) is 24.5 Å². The average Bonchev–Trinajstić information content (AvgIpc) is 2.79. The monoisotopic (exact) mass is 345 g/mol. The maximum Gasteiger partial charge on any atom is 0.328 e. The molecular weight excluding hydrogens is 322 g/mol. The van der Waals surface area contributed by atoms with Gasteiger partial charge in [-0.3, -0.25) is 19.6 Å². The molecule has 0 aliphatic heterocycles. The lowest BCUT2D eigenvalue weighted by Gasteiger charge is -2.19. The molecule has 2 rings (SSSR count). The molecule has 25 heavy (non-hydrogen) atoms. The van der Waals surface area contributed by atoms with Crippen molar-refractivity contribution in [3.63, 3.8) is 0 Å². The van der Waals surface area contributed by atoms with Gasteiger partial charge in [0.15, 0.2) is 0 Å². The minimum Gasteiger partial charge on any atom is -0.459 e. The number of carbonyl (C=O) groups is 1. The molecule has 0 unspecified atom stereocenters. The molecule has 1 aromatic carbocycles. The fourth-order valence-electron chi connectivity index (χ4n) is 2.54. The molecule has 0 fully saturated rings. The molecule has 0 spiro atoms. The second-order valence-corrected chi connectivity index (χ2v) is 7.04. The van der Waals surface area contributed by atoms with Crippen LogP contribution in [0.3, 0.4) is 0 Å². The van der Waals surface area contributed by atoms with Crippen LogP contribution in [0.1, 0.15) is 43.3 Å². The van der Waals surface area contributed by atoms with Gasteiger partial charge < -0.3 is 4.74 Å². The van der Waals surface area contributed by atoms with E-state index in [1.807, 2.05) is 24.3 Å². The molecule has 1 aromatic heterocycles. The largest absolute Gasteiger partial charge is 0.459 e. The first kappa shape index (κ1) is 18.6. The van der Waals surface area contributed by atoms with Crippen LogP contribution in [0.4, 0.5) is 5.69 Å². The number of ether oxygens (including phenoxy) is 1. The standard InChI is InChI=1S/C18H23N3O4/c1-12-17(21(23)24)13(2)20(19-12)10-16(22)25-11-14-6-8-15(9-7-14)18(3,4)5/h6-9H,10-11H2,1-5H3. The van der Waals surface area contributed by atoms with Crippen molar-refractivity contribution in [3.05, 3.63) is 56.9 Å². The van der Waals surface area contributed by atoms with E-state index in [2.05, 4.69) is 25.9 Å². The maximum absolute atomic E-state index is 12.0. The van der Waals surface area contributed by atoms with Crippen molar-refractivity contribution >= 4 is 11.7 Å². The predicted octanol–water partition coefficient (Wildman–Crippen LogP) is 3.45. The van der Waals surface area contributed by atoms with E-state index in [0.29, 0.717) is 5.69 Å². The number of benzene rings is 1. The highest BCUT2D eigenvalue weighted by atomic mass is 16.6. The molecule has 7 heteroatoms. The SMILES string of the molecule is Cc1nn(CC(=O)OCc2ccc(C(C)(C)C)cc2)c(C)c1[N+](=O)[O-]. The van der Waals surface area contributed by atoms with Gasteiger partial charge in [-0.05, 0) is 30.4 Å². The molecule has 0 N–H and O–H groups in total. The summed E-state index contributed by atoms with van der Waals surface area (Å²) in [4.78, 5) is 22.5. The van der Waals surface area contributed by atoms with Gasteiger partial charge in [-0.15, -0.1) is 0 Å². The van der Waals surface area contributed by atoms with Crippen molar-refractivity contribution in [2.45, 2.75) is 53.2 Å². The van der Waals surface area contributed by atoms with E-state index >= 15 is 0 Å². The minimum atomic E-state index is -0.490. The topological polar surface area (TPSA) is 87.3 Å². The summed E-state index contributed by atoms with van der Waals surface area (Å²) in [6.45, 7) is 9.52. The van der Waals surface area contributed by atoms with Gasteiger partial charge in [0.05, 0.1) is 4.92 Å². The number of esters is 1. The summed E-state index contributed by atoms with van der Waals surface area (Å²) in [6.07, 6.45) is 0. The Hall–Kier alpha value is -2.70. The molecular formula is C18H23N3O4. The van der Waals surface area contributed by atoms with Crippen molar-refractivity contribution < 1.29 is 14.5 Å². The fraction of sp³-hybridized carbons (Fsp3) is 0.444. The summed E-state index contributed by atoms with van der Waals surface area (Å²) >= 11 is 0. The van der Waals surface area contributed by atoms with Crippen molar-refractivity contribution in [1.29, 1.82) is 0 Å². The average molecular weight is 345 g/mol. The van der Waals surface area contributed by atoms with Gasteiger partial charge in [0.25, 0.3) is 0 Å². The lowest BCUT2D eigenvalue weighted by Crippen LogP contribution is -2.16. The lowest BCUT2D eigenvalue weighted by molar-refractivity contribution is -0.386. The van der Waals surface area contributed by atoms with Crippen LogP contribution in [0.15, 0.2) is 24.3 Å². The van der Waals surface area contributed by atoms with Gasteiger partial charge in [-0.25, -0.2) is 0 Å². The quantitative estimate of drug-likeness (QED) is 0.470. The van der Waals surface area contributed by atoms with Gasteiger partial charge >= 0.3 is 11.7 Å². The second-order valence-electron chi connectivity index (χ2n) is 7.04. The minimum absolute atomic E-state index is 0.0643. The first-order valence-electron chi connectivity index (χ1n) is 8.03. The van der Waals surface area contributed by atoms with E-state index < -0.39 is 10.9 Å². The number of hydrogen-bond acceptors (Lipinski definition) is 5. The first-order valence-corrected chi connectivity index (χ1v) is 8.03. The van der Waals surface area contributed by atoms with Crippen molar-refractivity contribution in [3.8, 4) is 0 Å². The molecule has 0 atom stereocenters. The number of nitrogens with zero attached hydrogens (tertiary/aromatic N) is 3. The zero-order valence-corrected chi connectivity index (χ0v) is 15.2. The van der Waals surface area contributed by atoms with Gasteiger partial charge in [-0.1, -0.05) is 45.0 Å². The summed E-state index contributed by atoms with van der Waals surface area (Å²) < 4.78 is 6.56. The Morgan fingerprint density at radius 3 is 2.32 bits per heavy atom. The number of carbonyl (C=O) groups excluding carboxylic acids is 1. The van der Waals surface area contributed by atoms with E-state index in [4.69, 9.17) is 4.74 Å². The zero-order chi connectivity index (χ0) is 18.8. The van der Waals surface area contributed by atoms with Crippen molar-refractivity contribution in [1.82, 2.24) is 9.78 Å². The number of rotatable bonds is 5. The van der Waals surface area contributed by atoms with E-state index in [9.17, 15) is 14.9 Å². The Morgan fingerprint density at radius 1 is 1.24 bits per heavy atom. The number of aromatic nitrogens is 2. The fourth-order valence-corrected chi connectivity index (χ4v) is 2.54. The number of aryl methyl sites for hydroxylation is 1. The molecule has 0 aliphatic carbocycles. The van der Waals surface area contributed by atoms with Gasteiger partial charge in [-0.2, -0.15) is 5.10 Å². The second kappa shape index (κ2) is 7.04. The lowest BCUT2D eigenvalue weighted by atomic mass is 9.87. The summed E-state index contributed by atoms with van der Waals surface area (Å²) in [6, 6.07) is 7.91. The third-order valence-electron chi connectivity index (χ3n) is 4.02. The molecule has 7 nitrogen and oxygen atoms in total. The van der Waals surface area contributed by atoms with Crippen LogP contribution in [0, 0.1) is 24.0 Å². The van der Waals surface area contributed by atoms with Crippen LogP contribution in [-0.2, 0) is 28.1 Å². The van der Waals surface area contributed by atoms with E-state index in [1.165, 1.54) is 10.2 Å². The van der Waals surface area contributed by atoms with Crippen molar-refractivity contribution in [2.24, 2.45) is 0 Å². The Morgan fingerprint density at radius 2 is 1.84 bits per heavy atom. The van der Waals surface area contributed by atoms with Gasteiger partial charge in [0.2, 0.25) is 0 Å². The molecule has 0 amide bonds. The summed E-state index contributed by atoms with van der Waals surface area (Å²) in [5.41, 5.74) is 2.73. The third kappa shape index (κ3) is 4.43. The van der Waals surface area contributed by atoms with Crippen LogP contribution >= 0.6 is 0 Å². The Kier molecular flexibility index (Phi) is 5.25. The summed E-state index contributed by atoms with van der Waals surface area (Å²) in [5, 5.41) is 15.0. The Balaban J connectivity index is 1.97. The molecule has 1 heterocycles. The smallest absolute Gasteiger partial charge is 0.328 e. The highest BCUT2D eigenvalue weighted by Gasteiger charge is 2.23. The zero-order valence-electron chi connectivity index (χ0n) is 15.2. The number of hydrogen-bond donors (Lipinski definition) is 0. The maximum atomic E-state index is 12.0. The summed E-state index contributed by atoms with van der Waals surface area (Å²) in [7, 11) is 0. The highest BCUT2D eigenvalue weighted by Crippen LogP contribution is 2.23. The third-order valence-corrected chi connectivity index (χ3v) is 4.02. The normalized spacial score (nSPS) is 11.4. The van der Waals surface area contributed by atoms with Crippen LogP contribution in [0.25, 0.3) is 0 Å². The molecule has 0 bridgehead atoms. The molecule has 2 aromatic rings. The Labute approximate surface area is 146 Å². The predicted molar refractivity (Wildman–Crippen MR) is 93.3 cm³/mol. The first-order chi connectivity index (χ1) is 11.6. The molecule has 0 aliphatic rings. The molecule has 134 valence electrons. The van der Waals surface area contributed by atoms with Crippen LogP contribution in [0.2, 0.25) is 0 Å². The van der Waals surface area contributed by atoms with E-state index in [0.717, 1.165) is 5.56 Å². The summed E-state index contributed by atoms with van der Waals surface area (Å²) in [5.74, 6) is -0.486. The molecule has 0 saturated heterocycles. The molecule has 0 saturated carbocycles. The van der Waals surface area contributed by atoms with Crippen LogP contribution in [-0.4, -0.2) is 20.7 Å². The van der Waals surface area contributed by atoms with E-state index in [1.54, 1.807) is 13.8 Å². The van der Waals surface area contributed by atoms with Crippen LogP contribution < -0.4 is 0 Å². The number of nitro groups is 1. The Bertz CT molecular complexity index is 786. The van der Waals surface area contributed by atoms with Crippen LogP contribution in [0.5, 0.6) is 0 Å². The van der Waals surface area contributed by atoms with Crippen molar-refractivity contribution in [2.75, 3.05) is 0 Å². The molecule has 0 radical (unpaired) electrons.